The van der Waals surface area contributed by atoms with Crippen molar-refractivity contribution in [3.63, 3.8) is 0 Å². The van der Waals surface area contributed by atoms with Crippen molar-refractivity contribution in [3.8, 4) is 16.9 Å². The molecule has 0 aliphatic carbocycles. The van der Waals surface area contributed by atoms with Gasteiger partial charge in [0.15, 0.2) is 0 Å². The van der Waals surface area contributed by atoms with Gasteiger partial charge in [-0.05, 0) is 59.7 Å². The number of nitrogens with one attached hydrogen (secondary N) is 2. The van der Waals surface area contributed by atoms with E-state index in [1.165, 1.54) is 12.1 Å². The molecule has 1 amide bonds. The molecule has 7 nitrogen and oxygen atoms in total. The highest BCUT2D eigenvalue weighted by molar-refractivity contribution is 6.10. The zero-order valence-electron chi connectivity index (χ0n) is 14.6. The molecule has 0 unspecified atom stereocenters. The van der Waals surface area contributed by atoms with E-state index in [0.717, 1.165) is 6.07 Å². The van der Waals surface area contributed by atoms with Crippen molar-refractivity contribution < 1.29 is 19.8 Å². The van der Waals surface area contributed by atoms with Gasteiger partial charge in [0, 0.05) is 16.8 Å². The van der Waals surface area contributed by atoms with E-state index in [1.807, 2.05) is 0 Å². The van der Waals surface area contributed by atoms with Crippen molar-refractivity contribution in [2.75, 3.05) is 5.32 Å². The number of carbonyl (C=O) groups excluding carboxylic acids is 1. The summed E-state index contributed by atoms with van der Waals surface area (Å²) in [7, 11) is 0. The van der Waals surface area contributed by atoms with Crippen LogP contribution in [-0.2, 0) is 0 Å². The average Bonchev–Trinajstić information content (AvgIpc) is 2.68. The van der Waals surface area contributed by atoms with Crippen LogP contribution >= 0.6 is 0 Å². The number of carbonyl (C=O) groups is 2. The number of nitrogens with two attached hydrogens (primary N) is 1. The monoisotopic (exact) mass is 375 g/mol. The van der Waals surface area contributed by atoms with Crippen LogP contribution in [0.15, 0.2) is 66.7 Å². The summed E-state index contributed by atoms with van der Waals surface area (Å²) >= 11 is 0. The van der Waals surface area contributed by atoms with Crippen molar-refractivity contribution >= 4 is 23.4 Å². The van der Waals surface area contributed by atoms with Gasteiger partial charge < -0.3 is 21.3 Å². The van der Waals surface area contributed by atoms with Crippen LogP contribution in [0.4, 0.5) is 5.69 Å². The molecule has 0 spiro atoms. The molecule has 0 fully saturated rings. The number of aromatic hydroxyl groups is 1. The summed E-state index contributed by atoms with van der Waals surface area (Å²) in [5, 5.41) is 29.2. The number of carboxylic acids is 1. The summed E-state index contributed by atoms with van der Waals surface area (Å²) in [6.45, 7) is 0. The first-order valence-electron chi connectivity index (χ1n) is 8.28. The molecule has 0 saturated carbocycles. The van der Waals surface area contributed by atoms with Crippen LogP contribution in [0.2, 0.25) is 0 Å². The van der Waals surface area contributed by atoms with E-state index in [4.69, 9.17) is 11.1 Å². The van der Waals surface area contributed by atoms with Gasteiger partial charge in [-0.3, -0.25) is 10.2 Å². The second kappa shape index (κ2) is 7.63. The van der Waals surface area contributed by atoms with Gasteiger partial charge in [0.2, 0.25) is 0 Å². The summed E-state index contributed by atoms with van der Waals surface area (Å²) in [4.78, 5) is 24.4. The lowest BCUT2D eigenvalue weighted by atomic mass is 9.94. The number of amidine groups is 1. The maximum atomic E-state index is 12.8. The third-order valence-corrected chi connectivity index (χ3v) is 4.15. The van der Waals surface area contributed by atoms with Crippen LogP contribution in [-0.4, -0.2) is 27.9 Å². The Morgan fingerprint density at radius 1 is 0.893 bits per heavy atom. The Labute approximate surface area is 160 Å². The fourth-order valence-electron chi connectivity index (χ4n) is 2.79. The second-order valence-corrected chi connectivity index (χ2v) is 6.03. The first-order chi connectivity index (χ1) is 13.4. The fourth-order valence-corrected chi connectivity index (χ4v) is 2.79. The van der Waals surface area contributed by atoms with E-state index in [1.54, 1.807) is 48.5 Å². The molecular formula is C21H17N3O4. The van der Waals surface area contributed by atoms with Crippen LogP contribution in [0.25, 0.3) is 11.1 Å². The van der Waals surface area contributed by atoms with Crippen LogP contribution in [0.5, 0.6) is 5.75 Å². The number of aromatic carboxylic acids is 1. The van der Waals surface area contributed by atoms with Gasteiger partial charge in [-0.2, -0.15) is 0 Å². The molecule has 0 saturated heterocycles. The van der Waals surface area contributed by atoms with Crippen LogP contribution in [0.3, 0.4) is 0 Å². The zero-order valence-corrected chi connectivity index (χ0v) is 14.6. The Morgan fingerprint density at radius 2 is 1.54 bits per heavy atom. The van der Waals surface area contributed by atoms with Gasteiger partial charge in [-0.1, -0.05) is 18.2 Å². The molecule has 3 aromatic rings. The minimum Gasteiger partial charge on any atom is -0.508 e. The summed E-state index contributed by atoms with van der Waals surface area (Å²) in [6.07, 6.45) is 0. The van der Waals surface area contributed by atoms with Crippen LogP contribution in [0.1, 0.15) is 26.3 Å². The highest BCUT2D eigenvalue weighted by Gasteiger charge is 2.18. The molecule has 28 heavy (non-hydrogen) atoms. The van der Waals surface area contributed by atoms with E-state index in [9.17, 15) is 19.8 Å². The molecule has 0 bridgehead atoms. The Hall–Kier alpha value is -4.13. The first kappa shape index (κ1) is 18.7. The van der Waals surface area contributed by atoms with Crippen molar-refractivity contribution in [1.29, 1.82) is 5.41 Å². The predicted molar refractivity (Wildman–Crippen MR) is 106 cm³/mol. The number of nitrogen functional groups attached to an aromatic ring is 1. The van der Waals surface area contributed by atoms with E-state index >= 15 is 0 Å². The van der Waals surface area contributed by atoms with Gasteiger partial charge in [0.05, 0.1) is 5.56 Å². The summed E-state index contributed by atoms with van der Waals surface area (Å²) in [5.74, 6) is -1.87. The molecule has 0 aromatic heterocycles. The summed E-state index contributed by atoms with van der Waals surface area (Å²) in [6, 6.07) is 17.1. The van der Waals surface area contributed by atoms with Gasteiger partial charge in [0.25, 0.3) is 5.91 Å². The van der Waals surface area contributed by atoms with Gasteiger partial charge in [-0.15, -0.1) is 0 Å². The molecule has 0 atom stereocenters. The topological polar surface area (TPSA) is 136 Å². The van der Waals surface area contributed by atoms with Crippen molar-refractivity contribution in [2.45, 2.75) is 0 Å². The van der Waals surface area contributed by atoms with Crippen molar-refractivity contribution in [2.24, 2.45) is 5.73 Å². The molecule has 3 aromatic carbocycles. The smallest absolute Gasteiger partial charge is 0.336 e. The molecular weight excluding hydrogens is 358 g/mol. The van der Waals surface area contributed by atoms with Crippen molar-refractivity contribution in [1.82, 2.24) is 0 Å². The Balaban J connectivity index is 1.98. The molecule has 3 rings (SSSR count). The number of carboxylic acid groups (broad SMARTS) is 1. The third kappa shape index (κ3) is 3.83. The lowest BCUT2D eigenvalue weighted by molar-refractivity contribution is 0.0697. The van der Waals surface area contributed by atoms with E-state index < -0.39 is 11.9 Å². The average molecular weight is 375 g/mol. The number of phenolic OH excluding ortho intramolecular Hbond substituents is 1. The quantitative estimate of drug-likeness (QED) is 0.344. The second-order valence-electron chi connectivity index (χ2n) is 6.03. The SMILES string of the molecule is N=C(N)c1ccc(NC(=O)c2ccccc2-c2ccc(O)cc2C(=O)O)cc1. The van der Waals surface area contributed by atoms with Gasteiger partial charge in [-0.25, -0.2) is 4.79 Å². The normalized spacial score (nSPS) is 10.3. The molecule has 7 heteroatoms. The minimum absolute atomic E-state index is 0.0725. The Kier molecular flexibility index (Phi) is 5.08. The largest absolute Gasteiger partial charge is 0.508 e. The summed E-state index contributed by atoms with van der Waals surface area (Å²) in [5.41, 5.74) is 7.39. The van der Waals surface area contributed by atoms with E-state index in [0.29, 0.717) is 22.4 Å². The molecule has 0 heterocycles. The number of anilines is 1. The first-order valence-corrected chi connectivity index (χ1v) is 8.28. The highest BCUT2D eigenvalue weighted by Crippen LogP contribution is 2.30. The lowest BCUT2D eigenvalue weighted by Gasteiger charge is -2.13. The summed E-state index contributed by atoms with van der Waals surface area (Å²) < 4.78 is 0. The molecule has 140 valence electrons. The van der Waals surface area contributed by atoms with Gasteiger partial charge in [0.1, 0.15) is 11.6 Å². The number of amides is 1. The third-order valence-electron chi connectivity index (χ3n) is 4.15. The van der Waals surface area contributed by atoms with E-state index in [-0.39, 0.29) is 22.7 Å². The maximum absolute atomic E-state index is 12.8. The Bertz CT molecular complexity index is 1080. The number of hydrogen-bond donors (Lipinski definition) is 5. The predicted octanol–water partition coefficient (Wildman–Crippen LogP) is 3.29. The zero-order chi connectivity index (χ0) is 20.3. The number of benzene rings is 3. The van der Waals surface area contributed by atoms with Crippen molar-refractivity contribution in [3.05, 3.63) is 83.4 Å². The van der Waals surface area contributed by atoms with Crippen LogP contribution in [0, 0.1) is 5.41 Å². The Morgan fingerprint density at radius 3 is 2.18 bits per heavy atom. The number of hydrogen-bond acceptors (Lipinski definition) is 4. The lowest BCUT2D eigenvalue weighted by Crippen LogP contribution is -2.14. The van der Waals surface area contributed by atoms with Gasteiger partial charge >= 0.3 is 5.97 Å². The molecule has 0 aliphatic heterocycles. The fraction of sp³-hybridized carbons (Fsp3) is 0. The highest BCUT2D eigenvalue weighted by atomic mass is 16.4. The molecule has 6 N–H and O–H groups in total. The number of rotatable bonds is 5. The van der Waals surface area contributed by atoms with E-state index in [2.05, 4.69) is 5.32 Å². The van der Waals surface area contributed by atoms with Crippen LogP contribution < -0.4 is 11.1 Å². The standard InChI is InChI=1S/C21H17N3O4/c22-19(23)12-5-7-13(8-6-12)24-20(26)17-4-2-1-3-15(17)16-10-9-14(25)11-18(16)21(27)28/h1-11,25H,(H3,22,23)(H,24,26)(H,27,28). The minimum atomic E-state index is -1.21. The number of phenols is 1. The molecule has 0 radical (unpaired) electrons. The maximum Gasteiger partial charge on any atom is 0.336 e. The molecule has 0 aliphatic rings.